The second-order valence-corrected chi connectivity index (χ2v) is 24.1. The van der Waals surface area contributed by atoms with E-state index < -0.39 is 44.7 Å². The fraction of sp³-hybridized carbons (Fsp3) is 0.396. The van der Waals surface area contributed by atoms with E-state index >= 15 is 0 Å². The average molecular weight is 834 g/mol. The standard InChI is InChI=1S/C21H25.C15H8F6.C12H19.Zr/c1-20(2,3)16-7-9-18-14(12-16)11-15-13-17(21(4,5)6)8-10-19(15)18;16-14(17,18)12-5-1-10(2-6-12)9-11-3-7-13(8-4-11)15(19,20)21;1-5-6-10-7-8-11(9-10)12(2,3)4;/h7-10,12H,11H2,1-6H3;1-8H;8-10H,5-6H2,1-4H3;. The van der Waals surface area contributed by atoms with Crippen molar-refractivity contribution in [2.24, 2.45) is 11.3 Å². The molecule has 0 N–H and O–H groups in total. The van der Waals surface area contributed by atoms with Gasteiger partial charge in [0.15, 0.2) is 0 Å². The van der Waals surface area contributed by atoms with Crippen molar-refractivity contribution in [3.63, 3.8) is 0 Å². The molecule has 55 heavy (non-hydrogen) atoms. The Balaban J connectivity index is 1.80. The Morgan fingerprint density at radius 2 is 1.13 bits per heavy atom. The Hall–Kier alpha value is -3.31. The van der Waals surface area contributed by atoms with Crippen molar-refractivity contribution < 1.29 is 47.6 Å². The zero-order valence-corrected chi connectivity index (χ0v) is 36.1. The summed E-state index contributed by atoms with van der Waals surface area (Å²) >= 11 is -3.66. The fourth-order valence-electron chi connectivity index (χ4n) is 8.08. The monoisotopic (exact) mass is 832 g/mol. The molecular formula is C48H52F6Zr. The molecule has 1 unspecified atom stereocenters. The van der Waals surface area contributed by atoms with E-state index in [4.69, 9.17) is 0 Å². The van der Waals surface area contributed by atoms with Crippen LogP contribution in [0.1, 0.15) is 127 Å². The van der Waals surface area contributed by atoms with Crippen LogP contribution in [0.3, 0.4) is 0 Å². The molecule has 0 saturated carbocycles. The predicted octanol–water partition coefficient (Wildman–Crippen LogP) is 13.7. The van der Waals surface area contributed by atoms with E-state index in [2.05, 4.69) is 112 Å². The zero-order valence-electron chi connectivity index (χ0n) is 33.6. The van der Waals surface area contributed by atoms with E-state index in [1.165, 1.54) is 45.5 Å². The molecule has 0 aromatic heterocycles. The number of allylic oxidation sites excluding steroid dienone is 4. The van der Waals surface area contributed by atoms with Crippen LogP contribution < -0.4 is 3.27 Å². The molecule has 0 bridgehead atoms. The molecule has 0 spiro atoms. The van der Waals surface area contributed by atoms with Gasteiger partial charge in [0.1, 0.15) is 0 Å². The predicted molar refractivity (Wildman–Crippen MR) is 212 cm³/mol. The Morgan fingerprint density at radius 1 is 0.618 bits per heavy atom. The van der Waals surface area contributed by atoms with Gasteiger partial charge in [-0.2, -0.15) is 0 Å². The topological polar surface area (TPSA) is 0 Å². The van der Waals surface area contributed by atoms with Crippen molar-refractivity contribution in [1.82, 2.24) is 0 Å². The van der Waals surface area contributed by atoms with Crippen LogP contribution in [0.25, 0.3) is 11.1 Å². The van der Waals surface area contributed by atoms with E-state index in [1.807, 2.05) is 0 Å². The van der Waals surface area contributed by atoms with Crippen LogP contribution in [0.5, 0.6) is 0 Å². The first-order chi connectivity index (χ1) is 25.4. The SMILES string of the molecule is CCCC1C=C(C(C)(C)C)C=[C]1[Zr](=[C](c1ccc(C(F)(F)F)cc1)c1ccc(C(F)(F)F)cc1)[c]1c(C(C)(C)C)ccc2c1Cc1cc(C(C)(C)C)ccc1-2. The normalized spacial score (nSPS) is 16.1. The molecule has 4 aromatic rings. The summed E-state index contributed by atoms with van der Waals surface area (Å²) in [4.78, 5) is 0. The minimum atomic E-state index is -4.53. The number of halogens is 6. The van der Waals surface area contributed by atoms with Crippen molar-refractivity contribution in [3.8, 4) is 11.1 Å². The Morgan fingerprint density at radius 3 is 1.58 bits per heavy atom. The number of benzene rings is 4. The van der Waals surface area contributed by atoms with Gasteiger partial charge in [0.05, 0.1) is 0 Å². The van der Waals surface area contributed by atoms with E-state index in [0.29, 0.717) is 11.1 Å². The molecule has 0 amide bonds. The molecule has 1 atom stereocenters. The molecule has 6 rings (SSSR count). The average Bonchev–Trinajstić information content (AvgIpc) is 3.67. The summed E-state index contributed by atoms with van der Waals surface area (Å²) < 4.78 is 87.5. The zero-order chi connectivity index (χ0) is 40.5. The second-order valence-electron chi connectivity index (χ2n) is 18.3. The van der Waals surface area contributed by atoms with Crippen LogP contribution in [-0.2, 0) is 50.9 Å². The van der Waals surface area contributed by atoms with E-state index in [1.54, 1.807) is 24.3 Å². The first-order valence-corrected chi connectivity index (χ1v) is 22.9. The summed E-state index contributed by atoms with van der Waals surface area (Å²) in [6.07, 6.45) is -1.75. The number of rotatable bonds is 6. The maximum absolute atomic E-state index is 14.0. The minimum absolute atomic E-state index is 0.0483. The van der Waals surface area contributed by atoms with E-state index in [9.17, 15) is 26.3 Å². The van der Waals surface area contributed by atoms with Crippen LogP contribution in [0, 0.1) is 11.3 Å². The Labute approximate surface area is 330 Å². The van der Waals surface area contributed by atoms with Crippen molar-refractivity contribution in [1.29, 1.82) is 0 Å². The maximum atomic E-state index is 14.0. The van der Waals surface area contributed by atoms with Gasteiger partial charge in [-0.05, 0) is 0 Å². The summed E-state index contributed by atoms with van der Waals surface area (Å²) in [6.45, 7) is 22.0. The third-order valence-electron chi connectivity index (χ3n) is 11.1. The van der Waals surface area contributed by atoms with Crippen LogP contribution >= 0.6 is 0 Å². The molecule has 0 nitrogen and oxygen atoms in total. The van der Waals surface area contributed by atoms with Crippen molar-refractivity contribution >= 4 is 6.48 Å². The van der Waals surface area contributed by atoms with Gasteiger partial charge in [-0.15, -0.1) is 0 Å². The van der Waals surface area contributed by atoms with Gasteiger partial charge >= 0.3 is 333 Å². The van der Waals surface area contributed by atoms with E-state index in [0.717, 1.165) is 46.7 Å². The summed E-state index contributed by atoms with van der Waals surface area (Å²) in [6, 6.07) is 21.9. The quantitative estimate of drug-likeness (QED) is 0.150. The summed E-state index contributed by atoms with van der Waals surface area (Å²) in [5.41, 5.74) is 7.78. The molecule has 0 radical (unpaired) electrons. The molecule has 0 aliphatic heterocycles. The molecular weight excluding hydrogens is 782 g/mol. The van der Waals surface area contributed by atoms with Gasteiger partial charge in [-0.1, -0.05) is 0 Å². The number of fused-ring (bicyclic) bond motifs is 3. The molecule has 7 heteroatoms. The summed E-state index contributed by atoms with van der Waals surface area (Å²) in [5, 5.41) is 0. The van der Waals surface area contributed by atoms with Gasteiger partial charge in [-0.25, -0.2) is 0 Å². The molecule has 2 aliphatic carbocycles. The third-order valence-corrected chi connectivity index (χ3v) is 19.1. The van der Waals surface area contributed by atoms with E-state index in [-0.39, 0.29) is 22.2 Å². The van der Waals surface area contributed by atoms with Gasteiger partial charge in [0.2, 0.25) is 0 Å². The molecule has 0 heterocycles. The Bertz CT molecular complexity index is 2130. The van der Waals surface area contributed by atoms with Crippen molar-refractivity contribution in [2.45, 2.75) is 112 Å². The van der Waals surface area contributed by atoms with Gasteiger partial charge in [0.25, 0.3) is 0 Å². The van der Waals surface area contributed by atoms with Crippen LogP contribution in [0.15, 0.2) is 99.9 Å². The number of alkyl halides is 6. The van der Waals surface area contributed by atoms with Gasteiger partial charge < -0.3 is 0 Å². The van der Waals surface area contributed by atoms with Crippen molar-refractivity contribution in [2.75, 3.05) is 0 Å². The van der Waals surface area contributed by atoms with Crippen LogP contribution in [0.2, 0.25) is 0 Å². The molecule has 290 valence electrons. The second kappa shape index (κ2) is 14.6. The number of hydrogen-bond donors (Lipinski definition) is 0. The summed E-state index contributed by atoms with van der Waals surface area (Å²) in [7, 11) is 0. The molecule has 4 aromatic carbocycles. The first kappa shape index (κ1) is 41.3. The molecule has 0 fully saturated rings. The molecule has 2 aliphatic rings. The Kier molecular flexibility index (Phi) is 10.9. The molecule has 0 saturated heterocycles. The van der Waals surface area contributed by atoms with Gasteiger partial charge in [-0.3, -0.25) is 0 Å². The third kappa shape index (κ3) is 8.39. The van der Waals surface area contributed by atoms with Crippen molar-refractivity contribution in [3.05, 3.63) is 144 Å². The number of hydrogen-bond acceptors (Lipinski definition) is 0. The van der Waals surface area contributed by atoms with Gasteiger partial charge in [0, 0.05) is 0 Å². The first-order valence-electron chi connectivity index (χ1n) is 19.2. The summed E-state index contributed by atoms with van der Waals surface area (Å²) in [5.74, 6) is 0.104. The fourth-order valence-corrected chi connectivity index (χ4v) is 17.6. The van der Waals surface area contributed by atoms with Crippen LogP contribution in [-0.4, -0.2) is 3.21 Å². The van der Waals surface area contributed by atoms with Crippen LogP contribution in [0.4, 0.5) is 26.3 Å².